The van der Waals surface area contributed by atoms with Crippen LogP contribution in [0.15, 0.2) is 48.1 Å². The topological polar surface area (TPSA) is 58.8 Å². The monoisotopic (exact) mass is 377 g/mol. The maximum atomic E-state index is 9.44. The zero-order chi connectivity index (χ0) is 19.4. The van der Waals surface area contributed by atoms with Gasteiger partial charge in [0.25, 0.3) is 0 Å². The fourth-order valence-electron chi connectivity index (χ4n) is 3.29. The van der Waals surface area contributed by atoms with Gasteiger partial charge in [0.1, 0.15) is 21.8 Å². The number of rotatable bonds is 5. The van der Waals surface area contributed by atoms with Crippen molar-refractivity contribution in [2.45, 2.75) is 46.1 Å². The number of hydrogen-bond acceptors (Lipinski definition) is 5. The molecule has 0 aliphatic heterocycles. The third-order valence-electron chi connectivity index (χ3n) is 4.50. The molecule has 0 amide bonds. The number of benzene rings is 1. The molecule has 1 fully saturated rings. The second-order valence-corrected chi connectivity index (χ2v) is 7.64. The van der Waals surface area contributed by atoms with Crippen LogP contribution in [0.2, 0.25) is 0 Å². The lowest BCUT2D eigenvalue weighted by atomic mass is 10.0. The maximum absolute atomic E-state index is 9.44. The van der Waals surface area contributed by atoms with Crippen LogP contribution >= 0.6 is 11.3 Å². The molecule has 4 nitrogen and oxygen atoms in total. The van der Waals surface area contributed by atoms with Crippen molar-refractivity contribution in [1.29, 1.82) is 5.26 Å². The molecule has 0 atom stereocenters. The summed E-state index contributed by atoms with van der Waals surface area (Å²) >= 11 is 1.53. The Morgan fingerprint density at radius 2 is 2.15 bits per heavy atom. The summed E-state index contributed by atoms with van der Waals surface area (Å²) < 4.78 is 5.70. The van der Waals surface area contributed by atoms with Gasteiger partial charge < -0.3 is 4.74 Å². The molecule has 0 bridgehead atoms. The molecule has 5 heteroatoms. The zero-order valence-electron chi connectivity index (χ0n) is 16.0. The van der Waals surface area contributed by atoms with E-state index >= 15 is 0 Å². The van der Waals surface area contributed by atoms with E-state index in [2.05, 4.69) is 35.8 Å². The molecule has 1 aromatic carbocycles. The summed E-state index contributed by atoms with van der Waals surface area (Å²) in [4.78, 5) is 0. The summed E-state index contributed by atoms with van der Waals surface area (Å²) in [6, 6.07) is 7.78. The van der Waals surface area contributed by atoms with Crippen molar-refractivity contribution in [2.75, 3.05) is 0 Å². The highest BCUT2D eigenvalue weighted by Crippen LogP contribution is 2.39. The molecule has 27 heavy (non-hydrogen) atoms. The summed E-state index contributed by atoms with van der Waals surface area (Å²) in [7, 11) is 0. The molecule has 1 saturated carbocycles. The Morgan fingerprint density at radius 1 is 1.33 bits per heavy atom. The van der Waals surface area contributed by atoms with Crippen LogP contribution in [0.5, 0.6) is 5.75 Å². The van der Waals surface area contributed by atoms with E-state index in [0.717, 1.165) is 34.0 Å². The molecule has 0 radical (unpaired) electrons. The van der Waals surface area contributed by atoms with Crippen molar-refractivity contribution in [3.8, 4) is 22.4 Å². The SMILES string of the molecule is C=C/C(=C1/CCC/C1=C/C)c1nnc(-c2ccc(OC(C)C)c(C#N)c2)s1. The minimum absolute atomic E-state index is 0.0186. The van der Waals surface area contributed by atoms with E-state index in [-0.39, 0.29) is 6.10 Å². The van der Waals surface area contributed by atoms with E-state index in [1.165, 1.54) is 28.9 Å². The van der Waals surface area contributed by atoms with Crippen molar-refractivity contribution in [2.24, 2.45) is 0 Å². The minimum Gasteiger partial charge on any atom is -0.490 e. The van der Waals surface area contributed by atoms with Crippen LogP contribution in [0.1, 0.15) is 50.6 Å². The van der Waals surface area contributed by atoms with Gasteiger partial charge in [0.2, 0.25) is 0 Å². The van der Waals surface area contributed by atoms with Crippen molar-refractivity contribution in [3.63, 3.8) is 0 Å². The summed E-state index contributed by atoms with van der Waals surface area (Å²) in [6.07, 6.45) is 7.41. The average molecular weight is 378 g/mol. The van der Waals surface area contributed by atoms with Crippen LogP contribution < -0.4 is 4.74 Å². The molecule has 1 aliphatic rings. The van der Waals surface area contributed by atoms with E-state index in [4.69, 9.17) is 4.74 Å². The van der Waals surface area contributed by atoms with Crippen LogP contribution in [0.4, 0.5) is 0 Å². The Labute approximate surface area is 164 Å². The lowest BCUT2D eigenvalue weighted by molar-refractivity contribution is 0.242. The van der Waals surface area contributed by atoms with Gasteiger partial charge in [-0.25, -0.2) is 0 Å². The highest BCUT2D eigenvalue weighted by atomic mass is 32.1. The first-order valence-electron chi connectivity index (χ1n) is 9.13. The number of hydrogen-bond donors (Lipinski definition) is 0. The number of nitriles is 1. The van der Waals surface area contributed by atoms with Gasteiger partial charge in [-0.2, -0.15) is 5.26 Å². The smallest absolute Gasteiger partial charge is 0.148 e. The molecule has 2 aromatic rings. The van der Waals surface area contributed by atoms with Gasteiger partial charge in [-0.05, 0) is 69.4 Å². The summed E-state index contributed by atoms with van der Waals surface area (Å²) in [5.41, 5.74) is 5.16. The van der Waals surface area contributed by atoms with Gasteiger partial charge in [-0.1, -0.05) is 30.1 Å². The Hall–Kier alpha value is -2.71. The van der Waals surface area contributed by atoms with Crippen molar-refractivity contribution in [3.05, 3.63) is 58.6 Å². The molecule has 0 unspecified atom stereocenters. The fraction of sp³-hybridized carbons (Fsp3) is 0.318. The predicted molar refractivity (Wildman–Crippen MR) is 111 cm³/mol. The van der Waals surface area contributed by atoms with Crippen LogP contribution in [-0.4, -0.2) is 16.3 Å². The number of aromatic nitrogens is 2. The van der Waals surface area contributed by atoms with Crippen molar-refractivity contribution >= 4 is 16.9 Å². The second-order valence-electron chi connectivity index (χ2n) is 6.67. The fourth-order valence-corrected chi connectivity index (χ4v) is 4.20. The first-order chi connectivity index (χ1) is 13.1. The molecular weight excluding hydrogens is 354 g/mol. The molecule has 1 heterocycles. The quantitative estimate of drug-likeness (QED) is 0.647. The predicted octanol–water partition coefficient (Wildman–Crippen LogP) is 5.93. The van der Waals surface area contributed by atoms with Crippen molar-refractivity contribution < 1.29 is 4.74 Å². The average Bonchev–Trinajstić information content (AvgIpc) is 3.32. The lowest BCUT2D eigenvalue weighted by Gasteiger charge is -2.11. The highest BCUT2D eigenvalue weighted by molar-refractivity contribution is 7.15. The minimum atomic E-state index is 0.0186. The van der Waals surface area contributed by atoms with Crippen LogP contribution in [0.3, 0.4) is 0 Å². The highest BCUT2D eigenvalue weighted by Gasteiger charge is 2.20. The molecule has 0 N–H and O–H groups in total. The Bertz CT molecular complexity index is 960. The van der Waals surface area contributed by atoms with Gasteiger partial charge in [0, 0.05) is 11.1 Å². The van der Waals surface area contributed by atoms with Crippen LogP contribution in [0, 0.1) is 11.3 Å². The number of ether oxygens (including phenoxy) is 1. The van der Waals surface area contributed by atoms with E-state index < -0.39 is 0 Å². The first kappa shape index (κ1) is 19.1. The first-order valence-corrected chi connectivity index (χ1v) is 9.95. The van der Waals surface area contributed by atoms with Gasteiger partial charge in [-0.15, -0.1) is 10.2 Å². The molecular formula is C22H23N3OS. The molecule has 1 aromatic heterocycles. The van der Waals surface area contributed by atoms with Gasteiger partial charge >= 0.3 is 0 Å². The summed E-state index contributed by atoms with van der Waals surface area (Å²) in [6.45, 7) is 9.96. The Kier molecular flexibility index (Phi) is 5.88. The number of allylic oxidation sites excluding steroid dienone is 5. The van der Waals surface area contributed by atoms with E-state index in [1.54, 1.807) is 0 Å². The maximum Gasteiger partial charge on any atom is 0.148 e. The molecule has 138 valence electrons. The van der Waals surface area contributed by atoms with Gasteiger partial charge in [0.05, 0.1) is 11.7 Å². The van der Waals surface area contributed by atoms with Crippen molar-refractivity contribution in [1.82, 2.24) is 10.2 Å². The summed E-state index contributed by atoms with van der Waals surface area (Å²) in [5.74, 6) is 0.596. The summed E-state index contributed by atoms with van der Waals surface area (Å²) in [5, 5.41) is 19.9. The standard InChI is InChI=1S/C22H23N3OS/c1-5-15-8-7-9-19(15)18(6-2)22-25-24-21(27-22)16-10-11-20(26-14(3)4)17(12-16)13-23/h5-6,10-12,14H,2,7-9H2,1,3-4H3/b15-5-,19-18+. The second kappa shape index (κ2) is 8.32. The van der Waals surface area contributed by atoms with E-state index in [1.807, 2.05) is 38.1 Å². The van der Waals surface area contributed by atoms with Crippen LogP contribution in [-0.2, 0) is 0 Å². The van der Waals surface area contributed by atoms with E-state index in [9.17, 15) is 5.26 Å². The van der Waals surface area contributed by atoms with Crippen LogP contribution in [0.25, 0.3) is 16.1 Å². The molecule has 0 saturated heterocycles. The molecule has 0 spiro atoms. The number of nitrogens with zero attached hydrogens (tertiary/aromatic N) is 3. The lowest BCUT2D eigenvalue weighted by Crippen LogP contribution is -2.06. The zero-order valence-corrected chi connectivity index (χ0v) is 16.8. The molecule has 1 aliphatic carbocycles. The third-order valence-corrected chi connectivity index (χ3v) is 5.51. The normalized spacial score (nSPS) is 17.2. The van der Waals surface area contributed by atoms with E-state index in [0.29, 0.717) is 11.3 Å². The van der Waals surface area contributed by atoms with Gasteiger partial charge in [-0.3, -0.25) is 0 Å². The Balaban J connectivity index is 1.98. The third kappa shape index (κ3) is 4.01. The Morgan fingerprint density at radius 3 is 2.81 bits per heavy atom. The van der Waals surface area contributed by atoms with Gasteiger partial charge in [0.15, 0.2) is 0 Å². The largest absolute Gasteiger partial charge is 0.490 e. The molecule has 3 rings (SSSR count).